The number of anilines is 1. The van der Waals surface area contributed by atoms with Crippen molar-refractivity contribution in [2.45, 2.75) is 25.1 Å². The summed E-state index contributed by atoms with van der Waals surface area (Å²) in [5.41, 5.74) is 0.838. The van der Waals surface area contributed by atoms with Gasteiger partial charge in [0.2, 0.25) is 0 Å². The Bertz CT molecular complexity index is 1430. The summed E-state index contributed by atoms with van der Waals surface area (Å²) >= 11 is 9.89. The third-order valence-electron chi connectivity index (χ3n) is 6.18. The minimum absolute atomic E-state index is 0.0143. The van der Waals surface area contributed by atoms with E-state index >= 15 is 0 Å². The van der Waals surface area contributed by atoms with E-state index in [0.717, 1.165) is 16.1 Å². The van der Waals surface area contributed by atoms with E-state index in [2.05, 4.69) is 26.3 Å². The molecule has 0 atom stereocenters. The predicted molar refractivity (Wildman–Crippen MR) is 135 cm³/mol. The van der Waals surface area contributed by atoms with Crippen LogP contribution < -0.4 is 5.32 Å². The molecule has 0 spiro atoms. The largest absolute Gasteiger partial charge is 0.417 e. The Kier molecular flexibility index (Phi) is 6.65. The van der Waals surface area contributed by atoms with Gasteiger partial charge in [-0.3, -0.25) is 4.79 Å². The van der Waals surface area contributed by atoms with Crippen LogP contribution in [0.25, 0.3) is 16.9 Å². The smallest absolute Gasteiger partial charge is 0.367 e. The van der Waals surface area contributed by atoms with E-state index in [-0.39, 0.29) is 11.6 Å². The number of piperidine rings is 1. The van der Waals surface area contributed by atoms with Gasteiger partial charge in [-0.15, -0.1) is 0 Å². The zero-order chi connectivity index (χ0) is 25.4. The maximum atomic E-state index is 13.4. The Hall–Kier alpha value is -3.11. The van der Waals surface area contributed by atoms with Crippen LogP contribution in [-0.4, -0.2) is 44.5 Å². The van der Waals surface area contributed by atoms with Crippen LogP contribution in [-0.2, 0) is 6.18 Å². The molecule has 0 radical (unpaired) electrons. The van der Waals surface area contributed by atoms with Crippen molar-refractivity contribution in [1.29, 1.82) is 0 Å². The number of fused-ring (bicyclic) bond motifs is 1. The summed E-state index contributed by atoms with van der Waals surface area (Å²) < 4.78 is 42.6. The molecule has 11 heteroatoms. The monoisotopic (exact) mass is 577 g/mol. The van der Waals surface area contributed by atoms with Crippen molar-refractivity contribution in [1.82, 2.24) is 19.5 Å². The summed E-state index contributed by atoms with van der Waals surface area (Å²) in [7, 11) is 0. The molecule has 0 saturated carbocycles. The van der Waals surface area contributed by atoms with Gasteiger partial charge in [0.05, 0.1) is 27.5 Å². The summed E-state index contributed by atoms with van der Waals surface area (Å²) in [5, 5.41) is 8.45. The highest BCUT2D eigenvalue weighted by Crippen LogP contribution is 2.34. The number of benzene rings is 2. The third kappa shape index (κ3) is 4.79. The Morgan fingerprint density at radius 2 is 1.78 bits per heavy atom. The highest BCUT2D eigenvalue weighted by Gasteiger charge is 2.36. The molecule has 3 heterocycles. The molecule has 0 aliphatic carbocycles. The van der Waals surface area contributed by atoms with Gasteiger partial charge in [0, 0.05) is 35.8 Å². The molecule has 4 aromatic rings. The number of aromatic nitrogens is 3. The average molecular weight is 579 g/mol. The molecule has 1 aliphatic heterocycles. The molecule has 1 N–H and O–H groups in total. The zero-order valence-corrected chi connectivity index (χ0v) is 21.1. The second-order valence-corrected chi connectivity index (χ2v) is 9.75. The van der Waals surface area contributed by atoms with Crippen LogP contribution in [0.1, 0.15) is 28.8 Å². The first-order valence-corrected chi connectivity index (χ1v) is 12.4. The van der Waals surface area contributed by atoms with Crippen molar-refractivity contribution in [2.24, 2.45) is 0 Å². The lowest BCUT2D eigenvalue weighted by Crippen LogP contribution is -2.43. The number of amides is 1. The van der Waals surface area contributed by atoms with Crippen molar-refractivity contribution in [2.75, 3.05) is 18.4 Å². The van der Waals surface area contributed by atoms with E-state index in [1.54, 1.807) is 16.8 Å². The zero-order valence-electron chi connectivity index (χ0n) is 18.8. The second-order valence-electron chi connectivity index (χ2n) is 8.49. The lowest BCUT2D eigenvalue weighted by molar-refractivity contribution is -0.138. The molecule has 2 aromatic carbocycles. The third-order valence-corrected chi connectivity index (χ3v) is 7.06. The molecule has 1 saturated heterocycles. The molecule has 1 amide bonds. The number of likely N-dealkylation sites (tertiary alicyclic amines) is 1. The molecule has 0 bridgehead atoms. The van der Waals surface area contributed by atoms with Gasteiger partial charge in [-0.2, -0.15) is 22.8 Å². The molecular formula is C25H20BrClF3N5O. The van der Waals surface area contributed by atoms with E-state index in [1.807, 2.05) is 24.3 Å². The van der Waals surface area contributed by atoms with Crippen LogP contribution in [0.4, 0.5) is 19.0 Å². The minimum atomic E-state index is -4.59. The fraction of sp³-hybridized carbons (Fsp3) is 0.240. The number of nitrogens with one attached hydrogen (secondary N) is 1. The number of rotatable bonds is 4. The van der Waals surface area contributed by atoms with Crippen molar-refractivity contribution >= 4 is 44.9 Å². The fourth-order valence-corrected chi connectivity index (χ4v) is 4.95. The van der Waals surface area contributed by atoms with Gasteiger partial charge in [0.25, 0.3) is 5.91 Å². The van der Waals surface area contributed by atoms with Crippen LogP contribution in [0.5, 0.6) is 0 Å². The normalized spacial score (nSPS) is 14.9. The molecule has 186 valence electrons. The van der Waals surface area contributed by atoms with Crippen molar-refractivity contribution in [3.05, 3.63) is 81.4 Å². The SMILES string of the molecule is O=C(c1ccccc1C(F)(F)F)N1CCC(Nc2cc(-c3ccccc3Cl)nc3c(Br)cnn23)CC1. The predicted octanol–water partition coefficient (Wildman–Crippen LogP) is 6.55. The second kappa shape index (κ2) is 9.74. The van der Waals surface area contributed by atoms with Crippen LogP contribution in [0.15, 0.2) is 65.3 Å². The van der Waals surface area contributed by atoms with Gasteiger partial charge in [0.15, 0.2) is 5.65 Å². The van der Waals surface area contributed by atoms with E-state index in [1.165, 1.54) is 23.1 Å². The topological polar surface area (TPSA) is 62.5 Å². The first-order valence-electron chi connectivity index (χ1n) is 11.2. The van der Waals surface area contributed by atoms with E-state index in [0.29, 0.717) is 48.1 Å². The van der Waals surface area contributed by atoms with E-state index < -0.39 is 17.6 Å². The van der Waals surface area contributed by atoms with Crippen molar-refractivity contribution in [3.63, 3.8) is 0 Å². The van der Waals surface area contributed by atoms with E-state index in [9.17, 15) is 18.0 Å². The molecular weight excluding hydrogens is 559 g/mol. The standard InChI is InChI=1S/C25H20BrClF3N5O/c26-19-14-31-35-22(13-21(33-23(19)35)17-6-2-4-8-20(17)27)32-15-9-11-34(12-10-15)24(36)16-5-1-3-7-18(16)25(28,29)30/h1-8,13-15,32H,9-12H2. The maximum Gasteiger partial charge on any atom is 0.417 e. The number of nitrogens with zero attached hydrogens (tertiary/aromatic N) is 4. The number of hydrogen-bond acceptors (Lipinski definition) is 4. The first kappa shape index (κ1) is 24.6. The number of alkyl halides is 3. The van der Waals surface area contributed by atoms with Gasteiger partial charge in [-0.1, -0.05) is 41.9 Å². The Labute approximate surface area is 218 Å². The fourth-order valence-electron chi connectivity index (χ4n) is 4.37. The molecule has 0 unspecified atom stereocenters. The van der Waals surface area contributed by atoms with Crippen LogP contribution >= 0.6 is 27.5 Å². The number of halogens is 5. The molecule has 2 aromatic heterocycles. The first-order chi connectivity index (χ1) is 17.2. The van der Waals surface area contributed by atoms with Crippen LogP contribution in [0.2, 0.25) is 5.02 Å². The number of hydrogen-bond donors (Lipinski definition) is 1. The number of carbonyl (C=O) groups excluding carboxylic acids is 1. The van der Waals surface area contributed by atoms with Gasteiger partial charge >= 0.3 is 6.18 Å². The highest BCUT2D eigenvalue weighted by atomic mass is 79.9. The Balaban J connectivity index is 1.35. The Morgan fingerprint density at radius 3 is 2.50 bits per heavy atom. The van der Waals surface area contributed by atoms with Gasteiger partial charge in [-0.25, -0.2) is 4.98 Å². The summed E-state index contributed by atoms with van der Waals surface area (Å²) in [6, 6.07) is 14.2. The summed E-state index contributed by atoms with van der Waals surface area (Å²) in [6.07, 6.45) is -1.80. The lowest BCUT2D eigenvalue weighted by atomic mass is 10.0. The van der Waals surface area contributed by atoms with Crippen molar-refractivity contribution in [3.8, 4) is 11.3 Å². The van der Waals surface area contributed by atoms with Gasteiger partial charge in [0.1, 0.15) is 5.82 Å². The molecule has 5 rings (SSSR count). The highest BCUT2D eigenvalue weighted by molar-refractivity contribution is 9.10. The van der Waals surface area contributed by atoms with Crippen LogP contribution in [0, 0.1) is 0 Å². The molecule has 6 nitrogen and oxygen atoms in total. The maximum absolute atomic E-state index is 13.4. The summed E-state index contributed by atoms with van der Waals surface area (Å²) in [4.78, 5) is 19.1. The molecule has 36 heavy (non-hydrogen) atoms. The number of carbonyl (C=O) groups is 1. The summed E-state index contributed by atoms with van der Waals surface area (Å²) in [5.74, 6) is 0.0949. The quantitative estimate of drug-likeness (QED) is 0.298. The minimum Gasteiger partial charge on any atom is -0.367 e. The average Bonchev–Trinajstić information content (AvgIpc) is 3.24. The molecule has 1 fully saturated rings. The van der Waals surface area contributed by atoms with Crippen LogP contribution in [0.3, 0.4) is 0 Å². The van der Waals surface area contributed by atoms with Crippen molar-refractivity contribution < 1.29 is 18.0 Å². The summed E-state index contributed by atoms with van der Waals surface area (Å²) in [6.45, 7) is 0.661. The lowest BCUT2D eigenvalue weighted by Gasteiger charge is -2.33. The van der Waals surface area contributed by atoms with Gasteiger partial charge in [-0.05, 0) is 47.0 Å². The van der Waals surface area contributed by atoms with E-state index in [4.69, 9.17) is 16.6 Å². The Morgan fingerprint density at radius 1 is 1.08 bits per heavy atom. The molecule has 1 aliphatic rings. The van der Waals surface area contributed by atoms with Gasteiger partial charge < -0.3 is 10.2 Å².